The van der Waals surface area contributed by atoms with Gasteiger partial charge in [0, 0.05) is 6.54 Å². The Morgan fingerprint density at radius 2 is 1.48 bits per heavy atom. The molecule has 0 saturated carbocycles. The molecule has 0 fully saturated rings. The van der Waals surface area contributed by atoms with Crippen molar-refractivity contribution >= 4 is 16.7 Å². The minimum atomic E-state index is -0.0718. The van der Waals surface area contributed by atoms with Crippen LogP contribution in [0.2, 0.25) is 0 Å². The topological polar surface area (TPSA) is 56.8 Å². The van der Waals surface area contributed by atoms with E-state index in [9.17, 15) is 4.79 Å². The molecule has 1 amide bonds. The Hall–Kier alpha value is -3.21. The Balaban J connectivity index is 1.68. The van der Waals surface area contributed by atoms with Crippen molar-refractivity contribution in [2.45, 2.75) is 13.0 Å². The summed E-state index contributed by atoms with van der Waals surface area (Å²) in [7, 11) is 4.66. The summed E-state index contributed by atoms with van der Waals surface area (Å²) >= 11 is 0. The van der Waals surface area contributed by atoms with Crippen LogP contribution in [0, 0.1) is 0 Å². The fraction of sp³-hybridized carbons (Fsp3) is 0.227. The standard InChI is InChI=1S/C22H23NO4/c1-25-19-11-16(12-20(26-2)22(19)27-3)13-21(24)23-14-15-8-9-17-6-4-5-7-18(17)10-15/h4-12H,13-14H2,1-3H3,(H,23,24). The molecule has 0 saturated heterocycles. The third-order valence-electron chi connectivity index (χ3n) is 4.39. The second-order valence-corrected chi connectivity index (χ2v) is 6.17. The van der Waals surface area contributed by atoms with E-state index in [2.05, 4.69) is 29.6 Å². The van der Waals surface area contributed by atoms with Gasteiger partial charge in [0.15, 0.2) is 11.5 Å². The lowest BCUT2D eigenvalue weighted by Gasteiger charge is -2.14. The van der Waals surface area contributed by atoms with Gasteiger partial charge in [-0.2, -0.15) is 0 Å². The summed E-state index contributed by atoms with van der Waals surface area (Å²) in [5.41, 5.74) is 1.85. The van der Waals surface area contributed by atoms with Crippen molar-refractivity contribution in [2.75, 3.05) is 21.3 Å². The SMILES string of the molecule is COc1cc(CC(=O)NCc2ccc3ccccc3c2)cc(OC)c1OC. The molecule has 0 aliphatic heterocycles. The first kappa shape index (κ1) is 18.6. The molecular weight excluding hydrogens is 342 g/mol. The number of methoxy groups -OCH3 is 3. The lowest BCUT2D eigenvalue weighted by Crippen LogP contribution is -2.24. The Kier molecular flexibility index (Phi) is 5.81. The van der Waals surface area contributed by atoms with Gasteiger partial charge >= 0.3 is 0 Å². The molecule has 27 heavy (non-hydrogen) atoms. The summed E-state index contributed by atoms with van der Waals surface area (Å²) in [6, 6.07) is 17.9. The molecule has 5 heteroatoms. The number of benzene rings is 3. The Morgan fingerprint density at radius 3 is 2.11 bits per heavy atom. The summed E-state index contributed by atoms with van der Waals surface area (Å²) in [5, 5.41) is 5.31. The summed E-state index contributed by atoms with van der Waals surface area (Å²) in [6.07, 6.45) is 0.226. The number of carbonyl (C=O) groups excluding carboxylic acids is 1. The van der Waals surface area contributed by atoms with Gasteiger partial charge in [-0.05, 0) is 40.1 Å². The Labute approximate surface area is 158 Å². The average molecular weight is 365 g/mol. The van der Waals surface area contributed by atoms with E-state index in [0.29, 0.717) is 23.8 Å². The van der Waals surface area contributed by atoms with Crippen molar-refractivity contribution in [3.63, 3.8) is 0 Å². The van der Waals surface area contributed by atoms with Crippen LogP contribution in [-0.2, 0) is 17.8 Å². The summed E-state index contributed by atoms with van der Waals surface area (Å²) < 4.78 is 16.0. The first-order valence-electron chi connectivity index (χ1n) is 8.68. The maximum atomic E-state index is 12.4. The zero-order valence-electron chi connectivity index (χ0n) is 15.7. The van der Waals surface area contributed by atoms with Gasteiger partial charge in [-0.3, -0.25) is 4.79 Å². The van der Waals surface area contributed by atoms with Gasteiger partial charge in [-0.15, -0.1) is 0 Å². The molecule has 3 rings (SSSR count). The number of nitrogens with one attached hydrogen (secondary N) is 1. The first-order chi connectivity index (χ1) is 13.1. The van der Waals surface area contributed by atoms with Gasteiger partial charge in [0.1, 0.15) is 0 Å². The van der Waals surface area contributed by atoms with Crippen LogP contribution in [0.4, 0.5) is 0 Å². The van der Waals surface area contributed by atoms with E-state index in [1.165, 1.54) is 5.39 Å². The van der Waals surface area contributed by atoms with Gasteiger partial charge in [0.05, 0.1) is 27.8 Å². The molecule has 0 atom stereocenters. The maximum Gasteiger partial charge on any atom is 0.224 e. The van der Waals surface area contributed by atoms with Crippen LogP contribution in [0.3, 0.4) is 0 Å². The van der Waals surface area contributed by atoms with Crippen LogP contribution in [0.15, 0.2) is 54.6 Å². The Bertz CT molecular complexity index is 927. The van der Waals surface area contributed by atoms with Gasteiger partial charge in [0.2, 0.25) is 11.7 Å². The molecule has 140 valence electrons. The highest BCUT2D eigenvalue weighted by Gasteiger charge is 2.14. The normalized spacial score (nSPS) is 10.5. The van der Waals surface area contributed by atoms with E-state index in [0.717, 1.165) is 16.5 Å². The zero-order chi connectivity index (χ0) is 19.2. The monoisotopic (exact) mass is 365 g/mol. The number of ether oxygens (including phenoxy) is 3. The number of hydrogen-bond donors (Lipinski definition) is 1. The number of fused-ring (bicyclic) bond motifs is 1. The predicted molar refractivity (Wildman–Crippen MR) is 106 cm³/mol. The molecule has 0 heterocycles. The number of carbonyl (C=O) groups is 1. The fourth-order valence-corrected chi connectivity index (χ4v) is 3.03. The average Bonchev–Trinajstić information content (AvgIpc) is 2.71. The van der Waals surface area contributed by atoms with Crippen molar-refractivity contribution in [1.82, 2.24) is 5.32 Å². The second-order valence-electron chi connectivity index (χ2n) is 6.17. The van der Waals surface area contributed by atoms with E-state index < -0.39 is 0 Å². The molecule has 0 aliphatic carbocycles. The van der Waals surface area contributed by atoms with E-state index >= 15 is 0 Å². The molecule has 0 aliphatic rings. The fourth-order valence-electron chi connectivity index (χ4n) is 3.03. The summed E-state index contributed by atoms with van der Waals surface area (Å²) in [4.78, 5) is 12.4. The van der Waals surface area contributed by atoms with Crippen LogP contribution >= 0.6 is 0 Å². The molecule has 0 spiro atoms. The lowest BCUT2D eigenvalue weighted by atomic mass is 10.1. The molecule has 3 aromatic rings. The van der Waals surface area contributed by atoms with Crippen molar-refractivity contribution < 1.29 is 19.0 Å². The van der Waals surface area contributed by atoms with Crippen molar-refractivity contribution in [3.05, 3.63) is 65.7 Å². The lowest BCUT2D eigenvalue weighted by molar-refractivity contribution is -0.120. The van der Waals surface area contributed by atoms with Gasteiger partial charge in [-0.1, -0.05) is 36.4 Å². The summed E-state index contributed by atoms with van der Waals surface area (Å²) in [5.74, 6) is 1.51. The smallest absolute Gasteiger partial charge is 0.224 e. The molecule has 0 aromatic heterocycles. The third kappa shape index (κ3) is 4.31. The van der Waals surface area contributed by atoms with Crippen LogP contribution in [0.5, 0.6) is 17.2 Å². The van der Waals surface area contributed by atoms with Crippen molar-refractivity contribution in [2.24, 2.45) is 0 Å². The molecule has 3 aromatic carbocycles. The van der Waals surface area contributed by atoms with Crippen LogP contribution < -0.4 is 19.5 Å². The third-order valence-corrected chi connectivity index (χ3v) is 4.39. The molecule has 0 bridgehead atoms. The maximum absolute atomic E-state index is 12.4. The predicted octanol–water partition coefficient (Wildman–Crippen LogP) is 3.72. The highest BCUT2D eigenvalue weighted by Crippen LogP contribution is 2.38. The minimum absolute atomic E-state index is 0.0718. The largest absolute Gasteiger partial charge is 0.493 e. The number of hydrogen-bond acceptors (Lipinski definition) is 4. The van der Waals surface area contributed by atoms with Crippen LogP contribution in [0.25, 0.3) is 10.8 Å². The Morgan fingerprint density at radius 1 is 0.815 bits per heavy atom. The molecular formula is C22H23NO4. The van der Waals surface area contributed by atoms with Crippen molar-refractivity contribution in [1.29, 1.82) is 0 Å². The minimum Gasteiger partial charge on any atom is -0.493 e. The van der Waals surface area contributed by atoms with Crippen LogP contribution in [0.1, 0.15) is 11.1 Å². The van der Waals surface area contributed by atoms with Crippen LogP contribution in [-0.4, -0.2) is 27.2 Å². The molecule has 1 N–H and O–H groups in total. The molecule has 0 radical (unpaired) electrons. The van der Waals surface area contributed by atoms with Gasteiger partial charge in [-0.25, -0.2) is 0 Å². The van der Waals surface area contributed by atoms with E-state index in [1.807, 2.05) is 18.2 Å². The van der Waals surface area contributed by atoms with Crippen molar-refractivity contribution in [3.8, 4) is 17.2 Å². The van der Waals surface area contributed by atoms with E-state index in [4.69, 9.17) is 14.2 Å². The number of amides is 1. The first-order valence-corrected chi connectivity index (χ1v) is 8.68. The highest BCUT2D eigenvalue weighted by atomic mass is 16.5. The highest BCUT2D eigenvalue weighted by molar-refractivity contribution is 5.83. The van der Waals surface area contributed by atoms with E-state index in [1.54, 1.807) is 33.5 Å². The zero-order valence-corrected chi connectivity index (χ0v) is 15.7. The molecule has 0 unspecified atom stereocenters. The number of rotatable bonds is 7. The van der Waals surface area contributed by atoms with E-state index in [-0.39, 0.29) is 12.3 Å². The van der Waals surface area contributed by atoms with Gasteiger partial charge < -0.3 is 19.5 Å². The summed E-state index contributed by atoms with van der Waals surface area (Å²) in [6.45, 7) is 0.480. The van der Waals surface area contributed by atoms with Gasteiger partial charge in [0.25, 0.3) is 0 Å². The molecule has 5 nitrogen and oxygen atoms in total. The quantitative estimate of drug-likeness (QED) is 0.693. The second kappa shape index (κ2) is 8.45.